The predicted octanol–water partition coefficient (Wildman–Crippen LogP) is 2.11. The third-order valence-corrected chi connectivity index (χ3v) is 6.22. The number of nitrogens with zero attached hydrogens (tertiary/aromatic N) is 7. The molecule has 4 atom stereocenters. The number of aromatic nitrogens is 7. The molecule has 1 aromatic carbocycles. The van der Waals surface area contributed by atoms with Gasteiger partial charge in [-0.05, 0) is 17.7 Å². The van der Waals surface area contributed by atoms with Gasteiger partial charge in [0.15, 0.2) is 24.1 Å². The van der Waals surface area contributed by atoms with Crippen LogP contribution in [0.25, 0.3) is 22.6 Å². The Balaban J connectivity index is 1.48. The van der Waals surface area contributed by atoms with E-state index in [-0.39, 0.29) is 6.61 Å². The fourth-order valence-corrected chi connectivity index (χ4v) is 4.66. The number of imidazole rings is 1. The number of carbonyl (C=O) groups is 3. The summed E-state index contributed by atoms with van der Waals surface area (Å²) in [5.41, 5.74) is 2.54. The number of rotatable bonds is 8. The van der Waals surface area contributed by atoms with Crippen molar-refractivity contribution in [1.29, 1.82) is 0 Å². The molecule has 208 valence electrons. The van der Waals surface area contributed by atoms with Crippen LogP contribution in [0.4, 0.5) is 0 Å². The summed E-state index contributed by atoms with van der Waals surface area (Å²) in [6.45, 7) is 3.89. The molecule has 0 bridgehead atoms. The zero-order valence-electron chi connectivity index (χ0n) is 21.6. The minimum absolute atomic E-state index is 0.232. The summed E-state index contributed by atoms with van der Waals surface area (Å²) < 4.78 is 25.3. The van der Waals surface area contributed by atoms with Crippen LogP contribution in [0, 0.1) is 0 Å². The van der Waals surface area contributed by atoms with Gasteiger partial charge in [-0.1, -0.05) is 28.9 Å². The molecule has 0 radical (unpaired) electrons. The number of ether oxygens (including phenoxy) is 4. The fourth-order valence-electron chi connectivity index (χ4n) is 4.45. The summed E-state index contributed by atoms with van der Waals surface area (Å²) in [6, 6.07) is 7.41. The number of carbonyl (C=O) groups excluding carboxylic acids is 3. The molecule has 0 amide bonds. The second-order valence-corrected chi connectivity index (χ2v) is 9.43. The number of benzene rings is 1. The largest absolute Gasteiger partial charge is 0.463 e. The van der Waals surface area contributed by atoms with E-state index in [1.807, 2.05) is 18.2 Å². The highest BCUT2D eigenvalue weighted by Crippen LogP contribution is 2.36. The Labute approximate surface area is 232 Å². The number of halogens is 1. The minimum Gasteiger partial charge on any atom is -0.463 e. The molecule has 0 spiro atoms. The van der Waals surface area contributed by atoms with Crippen molar-refractivity contribution in [2.24, 2.45) is 0 Å². The average Bonchev–Trinajstić information content (AvgIpc) is 3.60. The van der Waals surface area contributed by atoms with Gasteiger partial charge in [-0.15, -0.1) is 5.10 Å². The number of esters is 3. The van der Waals surface area contributed by atoms with Gasteiger partial charge < -0.3 is 18.9 Å². The van der Waals surface area contributed by atoms with Gasteiger partial charge in [0.2, 0.25) is 0 Å². The highest BCUT2D eigenvalue weighted by Gasteiger charge is 2.51. The highest BCUT2D eigenvalue weighted by atomic mass is 35.5. The van der Waals surface area contributed by atoms with Gasteiger partial charge in [-0.2, -0.15) is 0 Å². The lowest BCUT2D eigenvalue weighted by atomic mass is 10.1. The zero-order chi connectivity index (χ0) is 28.4. The molecule has 15 heteroatoms. The van der Waals surface area contributed by atoms with Crippen LogP contribution in [-0.2, 0) is 39.9 Å². The molecule has 1 fully saturated rings. The molecule has 0 N–H and O–H groups in total. The molecular weight excluding hydrogens is 546 g/mol. The van der Waals surface area contributed by atoms with Gasteiger partial charge in [0.25, 0.3) is 0 Å². The monoisotopic (exact) mass is 569 g/mol. The maximum Gasteiger partial charge on any atom is 0.303 e. The van der Waals surface area contributed by atoms with E-state index in [4.69, 9.17) is 30.5 Å². The van der Waals surface area contributed by atoms with E-state index < -0.39 is 42.4 Å². The molecule has 0 saturated carbocycles. The first kappa shape index (κ1) is 27.1. The van der Waals surface area contributed by atoms with Crippen molar-refractivity contribution < 1.29 is 33.3 Å². The van der Waals surface area contributed by atoms with Crippen molar-refractivity contribution in [1.82, 2.24) is 34.5 Å². The Kier molecular flexibility index (Phi) is 7.71. The molecule has 3 aromatic heterocycles. The maximum atomic E-state index is 12.0. The van der Waals surface area contributed by atoms with Gasteiger partial charge >= 0.3 is 17.9 Å². The van der Waals surface area contributed by atoms with Crippen molar-refractivity contribution in [3.05, 3.63) is 53.7 Å². The molecule has 0 aliphatic carbocycles. The summed E-state index contributed by atoms with van der Waals surface area (Å²) in [6.07, 6.45) is 0.419. The van der Waals surface area contributed by atoms with Crippen LogP contribution in [0.2, 0.25) is 5.02 Å². The lowest BCUT2D eigenvalue weighted by Gasteiger charge is -2.23. The molecule has 1 saturated heterocycles. The smallest absolute Gasteiger partial charge is 0.303 e. The maximum absolute atomic E-state index is 12.0. The van der Waals surface area contributed by atoms with Crippen LogP contribution < -0.4 is 0 Å². The Hall–Kier alpha value is -4.43. The Morgan fingerprint density at radius 1 is 1.02 bits per heavy atom. The third kappa shape index (κ3) is 5.77. The van der Waals surface area contributed by atoms with Gasteiger partial charge in [-0.25, -0.2) is 19.6 Å². The molecular formula is C25H24ClN7O7. The van der Waals surface area contributed by atoms with E-state index in [0.717, 1.165) is 5.56 Å². The molecule has 1 aliphatic heterocycles. The Bertz CT molecular complexity index is 1570. The standard InChI is InChI=1S/C25H24ClN7O7/c1-13(34)37-10-19-22(38-14(2)35)23(39-15(3)36)25(40-19)33-12-29-21-20(27-11-28-24(21)33)18-9-32(31-30-18)8-16-5-4-6-17(26)7-16/h4-7,9,11-12,19,22-23,25H,8,10H2,1-3H3/t19-,22-,23-,25-/m1/s1. The van der Waals surface area contributed by atoms with Gasteiger partial charge in [-0.3, -0.25) is 19.0 Å². The number of fused-ring (bicyclic) bond motifs is 1. The van der Waals surface area contributed by atoms with Gasteiger partial charge in [0.1, 0.15) is 35.9 Å². The van der Waals surface area contributed by atoms with Crippen molar-refractivity contribution in [3.8, 4) is 11.4 Å². The summed E-state index contributed by atoms with van der Waals surface area (Å²) in [5, 5.41) is 9.06. The van der Waals surface area contributed by atoms with Crippen molar-refractivity contribution >= 4 is 40.7 Å². The van der Waals surface area contributed by atoms with E-state index in [0.29, 0.717) is 34.1 Å². The SMILES string of the molecule is CC(=O)OC[C@H]1O[C@@H](n2cnc3c(-c4cn(Cc5cccc(Cl)c5)nn4)ncnc32)[C@H](OC(C)=O)[C@@H]1OC(C)=O. The molecule has 4 heterocycles. The number of hydrogen-bond donors (Lipinski definition) is 0. The van der Waals surface area contributed by atoms with Gasteiger partial charge in [0, 0.05) is 25.8 Å². The van der Waals surface area contributed by atoms with Crippen LogP contribution in [0.3, 0.4) is 0 Å². The highest BCUT2D eigenvalue weighted by molar-refractivity contribution is 6.30. The summed E-state index contributed by atoms with van der Waals surface area (Å²) in [7, 11) is 0. The third-order valence-electron chi connectivity index (χ3n) is 5.99. The minimum atomic E-state index is -1.09. The van der Waals surface area contributed by atoms with E-state index in [9.17, 15) is 14.4 Å². The van der Waals surface area contributed by atoms with Crippen LogP contribution in [0.5, 0.6) is 0 Å². The van der Waals surface area contributed by atoms with E-state index in [1.165, 1.54) is 38.0 Å². The Morgan fingerprint density at radius 2 is 1.80 bits per heavy atom. The lowest BCUT2D eigenvalue weighted by molar-refractivity contribution is -0.166. The van der Waals surface area contributed by atoms with E-state index in [2.05, 4.69) is 25.3 Å². The van der Waals surface area contributed by atoms with Crippen molar-refractivity contribution in [2.45, 2.75) is 51.9 Å². The normalized spacial score (nSPS) is 20.4. The fraction of sp³-hybridized carbons (Fsp3) is 0.360. The molecule has 0 unspecified atom stereocenters. The molecule has 14 nitrogen and oxygen atoms in total. The first-order chi connectivity index (χ1) is 19.2. The topological polar surface area (TPSA) is 162 Å². The van der Waals surface area contributed by atoms with Gasteiger partial charge in [0.05, 0.1) is 19.1 Å². The predicted molar refractivity (Wildman–Crippen MR) is 137 cm³/mol. The second-order valence-electron chi connectivity index (χ2n) is 8.99. The molecule has 40 heavy (non-hydrogen) atoms. The van der Waals surface area contributed by atoms with Crippen molar-refractivity contribution in [3.63, 3.8) is 0 Å². The summed E-state index contributed by atoms with van der Waals surface area (Å²) >= 11 is 6.09. The van der Waals surface area contributed by atoms with Crippen LogP contribution >= 0.6 is 11.6 Å². The first-order valence-corrected chi connectivity index (χ1v) is 12.5. The summed E-state index contributed by atoms with van der Waals surface area (Å²) in [5.74, 6) is -1.80. The first-order valence-electron chi connectivity index (χ1n) is 12.2. The van der Waals surface area contributed by atoms with Crippen LogP contribution in [0.15, 0.2) is 43.1 Å². The quantitative estimate of drug-likeness (QED) is 0.225. The van der Waals surface area contributed by atoms with E-state index in [1.54, 1.807) is 16.9 Å². The lowest BCUT2D eigenvalue weighted by Crippen LogP contribution is -2.40. The average molecular weight is 570 g/mol. The Morgan fingerprint density at radius 3 is 2.52 bits per heavy atom. The van der Waals surface area contributed by atoms with Crippen LogP contribution in [-0.4, -0.2) is 77.3 Å². The molecule has 1 aliphatic rings. The van der Waals surface area contributed by atoms with Crippen LogP contribution in [0.1, 0.15) is 32.6 Å². The molecule has 4 aromatic rings. The van der Waals surface area contributed by atoms with E-state index >= 15 is 0 Å². The summed E-state index contributed by atoms with van der Waals surface area (Å²) in [4.78, 5) is 48.5. The number of hydrogen-bond acceptors (Lipinski definition) is 12. The molecule has 5 rings (SSSR count). The second kappa shape index (κ2) is 11.4. The zero-order valence-corrected chi connectivity index (χ0v) is 22.4. The van der Waals surface area contributed by atoms with Crippen molar-refractivity contribution in [2.75, 3.05) is 6.61 Å².